The molecule has 1 saturated heterocycles. The summed E-state index contributed by atoms with van der Waals surface area (Å²) in [5.41, 5.74) is 6.98. The zero-order chi connectivity index (χ0) is 23.2. The van der Waals surface area contributed by atoms with Crippen LogP contribution in [0.25, 0.3) is 6.08 Å². The first-order valence-corrected chi connectivity index (χ1v) is 11.6. The Kier molecular flexibility index (Phi) is 5.84. The van der Waals surface area contributed by atoms with Crippen molar-refractivity contribution in [1.82, 2.24) is 4.90 Å². The fourth-order valence-electron chi connectivity index (χ4n) is 4.18. The van der Waals surface area contributed by atoms with Crippen LogP contribution >= 0.6 is 11.8 Å². The molecule has 2 aliphatic rings. The molecule has 2 aromatic rings. The van der Waals surface area contributed by atoms with Crippen molar-refractivity contribution in [2.24, 2.45) is 0 Å². The number of imide groups is 1. The van der Waals surface area contributed by atoms with Crippen LogP contribution in [0, 0.1) is 27.7 Å². The Bertz CT molecular complexity index is 1140. The molecule has 1 unspecified atom stereocenters. The number of ether oxygens (including phenoxy) is 2. The van der Waals surface area contributed by atoms with E-state index in [-0.39, 0.29) is 11.1 Å². The van der Waals surface area contributed by atoms with Gasteiger partial charge in [-0.15, -0.1) is 0 Å². The second-order valence-electron chi connectivity index (χ2n) is 8.96. The minimum absolute atomic E-state index is 0.251. The van der Waals surface area contributed by atoms with Crippen LogP contribution in [-0.4, -0.2) is 35.3 Å². The second kappa shape index (κ2) is 8.32. The van der Waals surface area contributed by atoms with E-state index in [1.54, 1.807) is 6.08 Å². The molecule has 1 fully saturated rings. The molecule has 6 heteroatoms. The van der Waals surface area contributed by atoms with Crippen molar-refractivity contribution in [3.05, 3.63) is 62.6 Å². The molecular formula is C26H29NO4S. The van der Waals surface area contributed by atoms with Crippen molar-refractivity contribution >= 4 is 29.0 Å². The quantitative estimate of drug-likeness (QED) is 0.554. The maximum absolute atomic E-state index is 12.0. The van der Waals surface area contributed by atoms with Crippen molar-refractivity contribution in [1.29, 1.82) is 0 Å². The van der Waals surface area contributed by atoms with E-state index in [1.165, 1.54) is 34.9 Å². The van der Waals surface area contributed by atoms with Crippen molar-refractivity contribution in [3.8, 4) is 11.5 Å². The van der Waals surface area contributed by atoms with Gasteiger partial charge in [-0.05, 0) is 111 Å². The normalized spacial score (nSPS) is 21.7. The van der Waals surface area contributed by atoms with Gasteiger partial charge in [0.15, 0.2) is 0 Å². The number of benzene rings is 2. The van der Waals surface area contributed by atoms with Gasteiger partial charge in [0, 0.05) is 7.05 Å². The Morgan fingerprint density at radius 2 is 1.72 bits per heavy atom. The molecule has 32 heavy (non-hydrogen) atoms. The van der Waals surface area contributed by atoms with Crippen LogP contribution in [0.4, 0.5) is 4.79 Å². The van der Waals surface area contributed by atoms with E-state index >= 15 is 0 Å². The van der Waals surface area contributed by atoms with E-state index in [1.807, 2.05) is 24.3 Å². The number of carbonyl (C=O) groups is 2. The summed E-state index contributed by atoms with van der Waals surface area (Å²) in [5.74, 6) is 1.50. The van der Waals surface area contributed by atoms with Gasteiger partial charge < -0.3 is 9.47 Å². The third-order valence-corrected chi connectivity index (χ3v) is 7.68. The third-order valence-electron chi connectivity index (χ3n) is 6.72. The molecule has 0 bridgehead atoms. The highest BCUT2D eigenvalue weighted by Gasteiger charge is 2.35. The second-order valence-corrected chi connectivity index (χ2v) is 9.95. The maximum Gasteiger partial charge on any atom is 0.293 e. The zero-order valence-electron chi connectivity index (χ0n) is 19.5. The molecule has 2 aliphatic heterocycles. The van der Waals surface area contributed by atoms with E-state index in [9.17, 15) is 9.59 Å². The number of rotatable bonds is 4. The molecular weight excluding hydrogens is 422 g/mol. The predicted molar refractivity (Wildman–Crippen MR) is 128 cm³/mol. The number of hydrogen-bond donors (Lipinski definition) is 0. The largest absolute Gasteiger partial charge is 0.489 e. The van der Waals surface area contributed by atoms with Gasteiger partial charge in [0.2, 0.25) is 0 Å². The zero-order valence-corrected chi connectivity index (χ0v) is 20.3. The highest BCUT2D eigenvalue weighted by molar-refractivity contribution is 8.18. The predicted octanol–water partition coefficient (Wildman–Crippen LogP) is 5.75. The molecule has 0 spiro atoms. The van der Waals surface area contributed by atoms with Gasteiger partial charge in [0.05, 0.1) is 4.91 Å². The summed E-state index contributed by atoms with van der Waals surface area (Å²) in [7, 11) is 1.49. The average molecular weight is 452 g/mol. The molecule has 4 rings (SSSR count). The number of thioether (sulfide) groups is 1. The first kappa shape index (κ1) is 22.5. The Labute approximate surface area is 193 Å². The molecule has 2 heterocycles. The van der Waals surface area contributed by atoms with Crippen LogP contribution in [0.1, 0.15) is 46.7 Å². The number of hydrogen-bond acceptors (Lipinski definition) is 5. The number of likely N-dealkylation sites (N-methyl/N-ethyl adjacent to an activating group) is 1. The fraction of sp³-hybridized carbons (Fsp3) is 0.385. The van der Waals surface area contributed by atoms with Crippen molar-refractivity contribution in [2.75, 3.05) is 13.7 Å². The fourth-order valence-corrected chi connectivity index (χ4v) is 5.00. The van der Waals surface area contributed by atoms with Gasteiger partial charge in [-0.25, -0.2) is 0 Å². The molecule has 0 N–H and O–H groups in total. The molecule has 1 atom stereocenters. The van der Waals surface area contributed by atoms with E-state index < -0.39 is 5.60 Å². The molecule has 5 nitrogen and oxygen atoms in total. The van der Waals surface area contributed by atoms with E-state index in [0.717, 1.165) is 46.6 Å². The van der Waals surface area contributed by atoms with Crippen molar-refractivity contribution in [2.45, 2.75) is 53.1 Å². The Morgan fingerprint density at radius 1 is 1.06 bits per heavy atom. The molecule has 2 aromatic carbocycles. The smallest absolute Gasteiger partial charge is 0.293 e. The Hall–Kier alpha value is -2.73. The number of fused-ring (bicyclic) bond motifs is 1. The van der Waals surface area contributed by atoms with Gasteiger partial charge in [0.25, 0.3) is 11.1 Å². The molecule has 168 valence electrons. The molecule has 0 aliphatic carbocycles. The first-order chi connectivity index (χ1) is 15.1. The SMILES string of the molecule is Cc1c(C)c(C)c2c(c1C)CCC(C)(COc1ccc(/C=C3\SC(=O)N(C)C3=O)cc1)O2. The van der Waals surface area contributed by atoms with Gasteiger partial charge in [-0.1, -0.05) is 12.1 Å². The summed E-state index contributed by atoms with van der Waals surface area (Å²) in [5, 5.41) is -0.251. The standard InChI is InChI=1S/C26H29NO4S/c1-15-16(2)18(4)23-21(17(15)3)11-12-26(5,31-23)14-30-20-9-7-19(8-10-20)13-22-24(28)27(6)25(29)32-22/h7-10,13H,11-12,14H2,1-6H3/b22-13-. The van der Waals surface area contributed by atoms with Crippen molar-refractivity contribution < 1.29 is 19.1 Å². The summed E-state index contributed by atoms with van der Waals surface area (Å²) in [6.07, 6.45) is 3.61. The summed E-state index contributed by atoms with van der Waals surface area (Å²) in [6.45, 7) is 11.2. The summed E-state index contributed by atoms with van der Waals surface area (Å²) in [6, 6.07) is 7.53. The lowest BCUT2D eigenvalue weighted by Gasteiger charge is -2.38. The third kappa shape index (κ3) is 4.04. The molecule has 0 aromatic heterocycles. The number of carbonyl (C=O) groups excluding carboxylic acids is 2. The van der Waals surface area contributed by atoms with Gasteiger partial charge >= 0.3 is 0 Å². The number of amides is 2. The highest BCUT2D eigenvalue weighted by atomic mass is 32.2. The molecule has 0 radical (unpaired) electrons. The minimum Gasteiger partial charge on any atom is -0.489 e. The van der Waals surface area contributed by atoms with E-state index in [4.69, 9.17) is 9.47 Å². The van der Waals surface area contributed by atoms with Gasteiger partial charge in [-0.3, -0.25) is 14.5 Å². The monoisotopic (exact) mass is 451 g/mol. The lowest BCUT2D eigenvalue weighted by atomic mass is 9.85. The average Bonchev–Trinajstić information content (AvgIpc) is 3.02. The lowest BCUT2D eigenvalue weighted by Crippen LogP contribution is -2.42. The van der Waals surface area contributed by atoms with E-state index in [2.05, 4.69) is 34.6 Å². The Balaban J connectivity index is 1.44. The van der Waals surface area contributed by atoms with E-state index in [0.29, 0.717) is 11.5 Å². The first-order valence-electron chi connectivity index (χ1n) is 10.8. The van der Waals surface area contributed by atoms with Crippen LogP contribution in [-0.2, 0) is 11.2 Å². The topological polar surface area (TPSA) is 55.8 Å². The van der Waals surface area contributed by atoms with Crippen LogP contribution < -0.4 is 9.47 Å². The minimum atomic E-state index is -0.398. The van der Waals surface area contributed by atoms with Gasteiger partial charge in [0.1, 0.15) is 23.7 Å². The van der Waals surface area contributed by atoms with Crippen LogP contribution in [0.15, 0.2) is 29.2 Å². The Morgan fingerprint density at radius 3 is 2.34 bits per heavy atom. The maximum atomic E-state index is 12.0. The summed E-state index contributed by atoms with van der Waals surface area (Å²) >= 11 is 0.958. The number of nitrogens with zero attached hydrogens (tertiary/aromatic N) is 1. The lowest BCUT2D eigenvalue weighted by molar-refractivity contribution is -0.121. The van der Waals surface area contributed by atoms with Gasteiger partial charge in [-0.2, -0.15) is 0 Å². The molecule has 2 amide bonds. The summed E-state index contributed by atoms with van der Waals surface area (Å²) < 4.78 is 12.6. The van der Waals surface area contributed by atoms with Crippen LogP contribution in [0.5, 0.6) is 11.5 Å². The van der Waals surface area contributed by atoms with Crippen LogP contribution in [0.3, 0.4) is 0 Å². The van der Waals surface area contributed by atoms with Crippen molar-refractivity contribution in [3.63, 3.8) is 0 Å². The molecule has 0 saturated carbocycles. The highest BCUT2D eigenvalue weighted by Crippen LogP contribution is 2.41. The van der Waals surface area contributed by atoms with Crippen LogP contribution in [0.2, 0.25) is 0 Å². The summed E-state index contributed by atoms with van der Waals surface area (Å²) in [4.78, 5) is 25.3.